The van der Waals surface area contributed by atoms with Crippen LogP contribution >= 0.6 is 12.4 Å². The molecule has 98 valence electrons. The van der Waals surface area contributed by atoms with E-state index >= 15 is 0 Å². The third-order valence-corrected chi connectivity index (χ3v) is 3.25. The Hall–Kier alpha value is -0.510. The molecule has 0 amide bonds. The van der Waals surface area contributed by atoms with Crippen molar-refractivity contribution in [2.24, 2.45) is 5.92 Å². The van der Waals surface area contributed by atoms with Gasteiger partial charge in [-0.2, -0.15) is 0 Å². The van der Waals surface area contributed by atoms with E-state index in [0.29, 0.717) is 0 Å². The Labute approximate surface area is 110 Å². The molecule has 0 radical (unpaired) electrons. The van der Waals surface area contributed by atoms with Gasteiger partial charge < -0.3 is 14.6 Å². The first-order valence-corrected chi connectivity index (χ1v) is 6.32. The zero-order chi connectivity index (χ0) is 11.2. The third-order valence-electron chi connectivity index (χ3n) is 3.25. The summed E-state index contributed by atoms with van der Waals surface area (Å²) in [6.07, 6.45) is 6.16. The molecule has 3 nitrogen and oxygen atoms in total. The van der Waals surface area contributed by atoms with Gasteiger partial charge in [0.25, 0.3) is 0 Å². The van der Waals surface area contributed by atoms with Crippen LogP contribution in [-0.4, -0.2) is 31.1 Å². The number of nitrogens with zero attached hydrogens (tertiary/aromatic N) is 1. The summed E-state index contributed by atoms with van der Waals surface area (Å²) in [6.45, 7) is 8.13. The van der Waals surface area contributed by atoms with Crippen LogP contribution in [0.15, 0.2) is 23.0 Å². The Morgan fingerprint density at radius 2 is 2.41 bits per heavy atom. The minimum Gasteiger partial charge on any atom is -0.472 e. The van der Waals surface area contributed by atoms with Crippen LogP contribution in [0, 0.1) is 5.92 Å². The molecule has 1 atom stereocenters. The molecule has 1 aliphatic heterocycles. The maximum atomic E-state index is 5.04. The van der Waals surface area contributed by atoms with Crippen molar-refractivity contribution in [1.82, 2.24) is 10.2 Å². The third kappa shape index (κ3) is 4.70. The van der Waals surface area contributed by atoms with Crippen LogP contribution in [0.4, 0.5) is 0 Å². The zero-order valence-electron chi connectivity index (χ0n) is 10.5. The van der Waals surface area contributed by atoms with E-state index in [1.54, 1.807) is 6.26 Å². The predicted octanol–water partition coefficient (Wildman–Crippen LogP) is 2.52. The van der Waals surface area contributed by atoms with Crippen molar-refractivity contribution >= 4 is 12.4 Å². The van der Waals surface area contributed by atoms with E-state index < -0.39 is 0 Å². The van der Waals surface area contributed by atoms with Crippen molar-refractivity contribution in [2.45, 2.75) is 26.3 Å². The highest BCUT2D eigenvalue weighted by atomic mass is 35.5. The molecule has 2 heterocycles. The van der Waals surface area contributed by atoms with Gasteiger partial charge in [0.2, 0.25) is 0 Å². The lowest BCUT2D eigenvalue weighted by Crippen LogP contribution is -2.26. The van der Waals surface area contributed by atoms with Gasteiger partial charge in [-0.1, -0.05) is 6.92 Å². The van der Waals surface area contributed by atoms with E-state index in [4.69, 9.17) is 4.42 Å². The topological polar surface area (TPSA) is 28.4 Å². The average Bonchev–Trinajstić information content (AvgIpc) is 2.90. The van der Waals surface area contributed by atoms with Crippen molar-refractivity contribution in [3.05, 3.63) is 24.2 Å². The number of hydrogen-bond donors (Lipinski definition) is 1. The van der Waals surface area contributed by atoms with E-state index in [0.717, 1.165) is 19.0 Å². The van der Waals surface area contributed by atoms with Crippen molar-refractivity contribution in [1.29, 1.82) is 0 Å². The second-order valence-corrected chi connectivity index (χ2v) is 4.72. The van der Waals surface area contributed by atoms with Gasteiger partial charge in [-0.05, 0) is 44.5 Å². The number of rotatable bonds is 6. The number of likely N-dealkylation sites (tertiary alicyclic amines) is 1. The van der Waals surface area contributed by atoms with Gasteiger partial charge >= 0.3 is 0 Å². The summed E-state index contributed by atoms with van der Waals surface area (Å²) in [7, 11) is 0. The fourth-order valence-corrected chi connectivity index (χ4v) is 2.41. The number of halogens is 1. The lowest BCUT2D eigenvalue weighted by Gasteiger charge is -2.14. The Morgan fingerprint density at radius 1 is 1.53 bits per heavy atom. The van der Waals surface area contributed by atoms with Crippen molar-refractivity contribution in [3.63, 3.8) is 0 Å². The Balaban J connectivity index is 0.00000144. The summed E-state index contributed by atoms with van der Waals surface area (Å²) in [4.78, 5) is 2.57. The zero-order valence-corrected chi connectivity index (χ0v) is 11.3. The van der Waals surface area contributed by atoms with E-state index in [-0.39, 0.29) is 12.4 Å². The number of furan rings is 1. The van der Waals surface area contributed by atoms with Gasteiger partial charge in [0.05, 0.1) is 12.5 Å². The highest BCUT2D eigenvalue weighted by Crippen LogP contribution is 2.15. The minimum absolute atomic E-state index is 0. The van der Waals surface area contributed by atoms with E-state index in [1.807, 2.05) is 12.3 Å². The van der Waals surface area contributed by atoms with Crippen molar-refractivity contribution < 1.29 is 4.42 Å². The van der Waals surface area contributed by atoms with Crippen LogP contribution in [0.1, 0.15) is 25.3 Å². The summed E-state index contributed by atoms with van der Waals surface area (Å²) in [5.41, 5.74) is 1.24. The highest BCUT2D eigenvalue weighted by molar-refractivity contribution is 5.85. The lowest BCUT2D eigenvalue weighted by atomic mass is 10.1. The normalized spacial score (nSPS) is 20.4. The number of nitrogens with one attached hydrogen (secondary N) is 1. The second-order valence-electron chi connectivity index (χ2n) is 4.72. The molecule has 1 saturated heterocycles. The van der Waals surface area contributed by atoms with Crippen LogP contribution in [0.3, 0.4) is 0 Å². The molecular weight excluding hydrogens is 236 g/mol. The summed E-state index contributed by atoms with van der Waals surface area (Å²) in [5, 5.41) is 3.51. The van der Waals surface area contributed by atoms with Gasteiger partial charge in [-0.15, -0.1) is 12.4 Å². The van der Waals surface area contributed by atoms with Gasteiger partial charge in [0, 0.05) is 18.7 Å². The molecule has 0 saturated carbocycles. The molecule has 1 aromatic heterocycles. The first-order chi connectivity index (χ1) is 7.88. The predicted molar refractivity (Wildman–Crippen MR) is 72.5 cm³/mol. The SMILES string of the molecule is CCCN1CCC(CNCc2ccoc2)C1.Cl. The Kier molecular flexibility index (Phi) is 6.63. The van der Waals surface area contributed by atoms with Gasteiger partial charge in [0.1, 0.15) is 0 Å². The number of hydrogen-bond acceptors (Lipinski definition) is 3. The molecule has 0 spiro atoms. The van der Waals surface area contributed by atoms with Gasteiger partial charge in [-0.25, -0.2) is 0 Å². The average molecular weight is 259 g/mol. The maximum absolute atomic E-state index is 5.04. The molecule has 0 bridgehead atoms. The molecular formula is C13H23ClN2O. The summed E-state index contributed by atoms with van der Waals surface area (Å²) in [6, 6.07) is 2.02. The molecule has 1 aromatic rings. The van der Waals surface area contributed by atoms with Gasteiger partial charge in [-0.3, -0.25) is 0 Å². The maximum Gasteiger partial charge on any atom is 0.0947 e. The molecule has 0 aromatic carbocycles. The summed E-state index contributed by atoms with van der Waals surface area (Å²) < 4.78 is 5.04. The molecule has 4 heteroatoms. The fourth-order valence-electron chi connectivity index (χ4n) is 2.41. The molecule has 0 aliphatic carbocycles. The monoisotopic (exact) mass is 258 g/mol. The Bertz CT molecular complexity index is 290. The molecule has 1 N–H and O–H groups in total. The van der Waals surface area contributed by atoms with E-state index in [2.05, 4.69) is 17.1 Å². The van der Waals surface area contributed by atoms with E-state index in [9.17, 15) is 0 Å². The second kappa shape index (κ2) is 7.75. The highest BCUT2D eigenvalue weighted by Gasteiger charge is 2.20. The van der Waals surface area contributed by atoms with Crippen LogP contribution in [0.5, 0.6) is 0 Å². The smallest absolute Gasteiger partial charge is 0.0947 e. The first kappa shape index (κ1) is 14.6. The molecule has 17 heavy (non-hydrogen) atoms. The summed E-state index contributed by atoms with van der Waals surface area (Å²) in [5.74, 6) is 0.832. The lowest BCUT2D eigenvalue weighted by molar-refractivity contribution is 0.322. The van der Waals surface area contributed by atoms with Crippen LogP contribution < -0.4 is 5.32 Å². The van der Waals surface area contributed by atoms with Crippen molar-refractivity contribution in [3.8, 4) is 0 Å². The fraction of sp³-hybridized carbons (Fsp3) is 0.692. The van der Waals surface area contributed by atoms with Crippen LogP contribution in [-0.2, 0) is 6.54 Å². The molecule has 1 unspecified atom stereocenters. The standard InChI is InChI=1S/C13H22N2O.ClH/c1-2-5-15-6-3-12(10-15)8-14-9-13-4-7-16-11-13;/h4,7,11-12,14H,2-3,5-6,8-10H2,1H3;1H. The molecule has 1 aliphatic rings. The molecule has 1 fully saturated rings. The summed E-state index contributed by atoms with van der Waals surface area (Å²) >= 11 is 0. The Morgan fingerprint density at radius 3 is 3.12 bits per heavy atom. The van der Waals surface area contributed by atoms with Gasteiger partial charge in [0.15, 0.2) is 0 Å². The van der Waals surface area contributed by atoms with Crippen LogP contribution in [0.25, 0.3) is 0 Å². The first-order valence-electron chi connectivity index (χ1n) is 6.32. The van der Waals surface area contributed by atoms with E-state index in [1.165, 1.54) is 38.0 Å². The minimum atomic E-state index is 0. The largest absolute Gasteiger partial charge is 0.472 e. The quantitative estimate of drug-likeness (QED) is 0.850. The van der Waals surface area contributed by atoms with Crippen LogP contribution in [0.2, 0.25) is 0 Å². The molecule has 2 rings (SSSR count). The van der Waals surface area contributed by atoms with Crippen molar-refractivity contribution in [2.75, 3.05) is 26.2 Å².